The highest BCUT2D eigenvalue weighted by Gasteiger charge is 2.20. The fraction of sp³-hybridized carbons (Fsp3) is 0.700. The highest BCUT2D eigenvalue weighted by atomic mass is 32.1. The zero-order chi connectivity index (χ0) is 9.97. The molecule has 2 N–H and O–H groups in total. The molecule has 0 bridgehead atoms. The quantitative estimate of drug-likeness (QED) is 0.796. The molecule has 1 atom stereocenters. The first-order valence-corrected chi connectivity index (χ1v) is 5.93. The van der Waals surface area contributed by atoms with Gasteiger partial charge in [-0.15, -0.1) is 11.3 Å². The first-order chi connectivity index (χ1) is 6.81. The Morgan fingerprint density at radius 3 is 3.14 bits per heavy atom. The Morgan fingerprint density at radius 1 is 1.64 bits per heavy atom. The van der Waals surface area contributed by atoms with E-state index in [0.717, 1.165) is 18.7 Å². The molecule has 14 heavy (non-hydrogen) atoms. The molecule has 0 aromatic carbocycles. The summed E-state index contributed by atoms with van der Waals surface area (Å²) in [6.07, 6.45) is 3.19. The van der Waals surface area contributed by atoms with Crippen LogP contribution in [0.1, 0.15) is 34.5 Å². The van der Waals surface area contributed by atoms with Crippen LogP contribution < -0.4 is 5.32 Å². The van der Waals surface area contributed by atoms with E-state index < -0.39 is 0 Å². The van der Waals surface area contributed by atoms with E-state index in [4.69, 9.17) is 5.11 Å². The van der Waals surface area contributed by atoms with Crippen LogP contribution in [0.5, 0.6) is 0 Å². The van der Waals surface area contributed by atoms with Crippen molar-refractivity contribution < 1.29 is 5.11 Å². The number of nitrogens with one attached hydrogen (secondary N) is 1. The molecule has 1 saturated heterocycles. The third-order valence-corrected chi connectivity index (χ3v) is 3.94. The van der Waals surface area contributed by atoms with Crippen LogP contribution in [0.3, 0.4) is 0 Å². The molecule has 0 aliphatic carbocycles. The van der Waals surface area contributed by atoms with Gasteiger partial charge in [0, 0.05) is 17.9 Å². The van der Waals surface area contributed by atoms with Gasteiger partial charge in [0.2, 0.25) is 0 Å². The maximum absolute atomic E-state index is 8.88. The van der Waals surface area contributed by atoms with Gasteiger partial charge in [-0.25, -0.2) is 4.98 Å². The van der Waals surface area contributed by atoms with Crippen molar-refractivity contribution in [3.05, 3.63) is 15.6 Å². The molecule has 1 aromatic rings. The molecule has 2 heterocycles. The van der Waals surface area contributed by atoms with Crippen LogP contribution in [0.15, 0.2) is 0 Å². The highest BCUT2D eigenvalue weighted by molar-refractivity contribution is 7.11. The topological polar surface area (TPSA) is 45.2 Å². The molecule has 1 aliphatic heterocycles. The summed E-state index contributed by atoms with van der Waals surface area (Å²) in [4.78, 5) is 5.79. The van der Waals surface area contributed by atoms with Crippen molar-refractivity contribution in [2.24, 2.45) is 0 Å². The Hall–Kier alpha value is -0.450. The molecular weight excluding hydrogens is 196 g/mol. The number of aryl methyl sites for hydroxylation is 1. The van der Waals surface area contributed by atoms with E-state index in [1.54, 1.807) is 11.3 Å². The van der Waals surface area contributed by atoms with Gasteiger partial charge >= 0.3 is 0 Å². The number of hydrogen-bond acceptors (Lipinski definition) is 4. The molecule has 2 rings (SSSR count). The molecular formula is C10H16N2OS. The van der Waals surface area contributed by atoms with Crippen LogP contribution in [-0.4, -0.2) is 23.2 Å². The zero-order valence-electron chi connectivity index (χ0n) is 8.42. The van der Waals surface area contributed by atoms with Crippen LogP contribution in [0, 0.1) is 6.92 Å². The number of aliphatic hydroxyl groups excluding tert-OH is 1. The standard InChI is InChI=1S/C10H16N2OS/c1-7-9(4-6-13)14-10(12-7)8-3-2-5-11-8/h8,11,13H,2-6H2,1H3. The normalized spacial score (nSPS) is 21.7. The molecule has 0 radical (unpaired) electrons. The van der Waals surface area contributed by atoms with Crippen LogP contribution in [0.2, 0.25) is 0 Å². The van der Waals surface area contributed by atoms with E-state index >= 15 is 0 Å². The number of thiazole rings is 1. The van der Waals surface area contributed by atoms with Crippen LogP contribution >= 0.6 is 11.3 Å². The van der Waals surface area contributed by atoms with Gasteiger partial charge in [0.25, 0.3) is 0 Å². The summed E-state index contributed by atoms with van der Waals surface area (Å²) in [6, 6.07) is 0.464. The van der Waals surface area contributed by atoms with E-state index in [-0.39, 0.29) is 6.61 Å². The summed E-state index contributed by atoms with van der Waals surface area (Å²) in [5.41, 5.74) is 1.09. The minimum Gasteiger partial charge on any atom is -0.396 e. The molecule has 1 unspecified atom stereocenters. The second kappa shape index (κ2) is 4.38. The summed E-state index contributed by atoms with van der Waals surface area (Å²) >= 11 is 1.75. The maximum Gasteiger partial charge on any atom is 0.110 e. The third kappa shape index (κ3) is 1.97. The van der Waals surface area contributed by atoms with Crippen LogP contribution in [0.25, 0.3) is 0 Å². The predicted molar refractivity (Wildman–Crippen MR) is 57.6 cm³/mol. The molecule has 1 fully saturated rings. The average molecular weight is 212 g/mol. The van der Waals surface area contributed by atoms with Crippen molar-refractivity contribution in [1.29, 1.82) is 0 Å². The SMILES string of the molecule is Cc1nc(C2CCCN2)sc1CCO. The Balaban J connectivity index is 2.14. The van der Waals surface area contributed by atoms with Crippen molar-refractivity contribution in [2.45, 2.75) is 32.2 Å². The van der Waals surface area contributed by atoms with Crippen molar-refractivity contribution in [2.75, 3.05) is 13.2 Å². The Kier molecular flexibility index (Phi) is 3.15. The van der Waals surface area contributed by atoms with Gasteiger partial charge in [-0.2, -0.15) is 0 Å². The monoisotopic (exact) mass is 212 g/mol. The third-order valence-electron chi connectivity index (χ3n) is 2.61. The number of rotatable bonds is 3. The molecule has 4 heteroatoms. The molecule has 0 saturated carbocycles. The summed E-state index contributed by atoms with van der Waals surface area (Å²) < 4.78 is 0. The highest BCUT2D eigenvalue weighted by Crippen LogP contribution is 2.29. The lowest BCUT2D eigenvalue weighted by molar-refractivity contribution is 0.300. The Morgan fingerprint density at radius 2 is 2.50 bits per heavy atom. The van der Waals surface area contributed by atoms with Crippen LogP contribution in [0.4, 0.5) is 0 Å². The van der Waals surface area contributed by atoms with Gasteiger partial charge in [-0.1, -0.05) is 0 Å². The lowest BCUT2D eigenvalue weighted by Crippen LogP contribution is -2.12. The second-order valence-corrected chi connectivity index (χ2v) is 4.80. The van der Waals surface area contributed by atoms with Gasteiger partial charge < -0.3 is 10.4 Å². The molecule has 0 spiro atoms. The summed E-state index contributed by atoms with van der Waals surface area (Å²) in [6.45, 7) is 3.36. The van der Waals surface area contributed by atoms with E-state index in [9.17, 15) is 0 Å². The van der Waals surface area contributed by atoms with E-state index in [1.165, 1.54) is 22.7 Å². The molecule has 78 valence electrons. The lowest BCUT2D eigenvalue weighted by Gasteiger charge is -2.03. The van der Waals surface area contributed by atoms with E-state index in [0.29, 0.717) is 6.04 Å². The van der Waals surface area contributed by atoms with Crippen molar-refractivity contribution in [3.63, 3.8) is 0 Å². The van der Waals surface area contributed by atoms with Gasteiger partial charge in [-0.05, 0) is 26.3 Å². The summed E-state index contributed by atoms with van der Waals surface area (Å²) in [5.74, 6) is 0. The largest absolute Gasteiger partial charge is 0.396 e. The predicted octanol–water partition coefficient (Wildman–Crippen LogP) is 1.41. The van der Waals surface area contributed by atoms with Gasteiger partial charge in [-0.3, -0.25) is 0 Å². The summed E-state index contributed by atoms with van der Waals surface area (Å²) in [5, 5.41) is 13.5. The number of aliphatic hydroxyl groups is 1. The average Bonchev–Trinajstić information content (AvgIpc) is 2.76. The first-order valence-electron chi connectivity index (χ1n) is 5.11. The maximum atomic E-state index is 8.88. The Bertz CT molecular complexity index is 305. The fourth-order valence-electron chi connectivity index (χ4n) is 1.83. The van der Waals surface area contributed by atoms with Crippen molar-refractivity contribution in [3.8, 4) is 0 Å². The Labute approximate surface area is 88.2 Å². The van der Waals surface area contributed by atoms with Gasteiger partial charge in [0.15, 0.2) is 0 Å². The second-order valence-electron chi connectivity index (χ2n) is 3.68. The number of aromatic nitrogens is 1. The van der Waals surface area contributed by atoms with E-state index in [2.05, 4.69) is 10.3 Å². The number of nitrogens with zero attached hydrogens (tertiary/aromatic N) is 1. The molecule has 1 aliphatic rings. The minimum absolute atomic E-state index is 0.223. The van der Waals surface area contributed by atoms with Crippen molar-refractivity contribution in [1.82, 2.24) is 10.3 Å². The lowest BCUT2D eigenvalue weighted by atomic mass is 10.2. The van der Waals surface area contributed by atoms with Gasteiger partial charge in [0.1, 0.15) is 5.01 Å². The molecule has 3 nitrogen and oxygen atoms in total. The van der Waals surface area contributed by atoms with Crippen molar-refractivity contribution >= 4 is 11.3 Å². The minimum atomic E-state index is 0.223. The van der Waals surface area contributed by atoms with Crippen LogP contribution in [-0.2, 0) is 6.42 Å². The van der Waals surface area contributed by atoms with Gasteiger partial charge in [0.05, 0.1) is 11.7 Å². The molecule has 1 aromatic heterocycles. The smallest absolute Gasteiger partial charge is 0.110 e. The molecule has 0 amide bonds. The summed E-state index contributed by atoms with van der Waals surface area (Å²) in [7, 11) is 0. The van der Waals surface area contributed by atoms with E-state index in [1.807, 2.05) is 6.92 Å². The first kappa shape index (κ1) is 10.1. The fourth-order valence-corrected chi connectivity index (χ4v) is 2.99. The number of hydrogen-bond donors (Lipinski definition) is 2. The zero-order valence-corrected chi connectivity index (χ0v) is 9.23.